The number of carbonyl (C=O) groups excluding carboxylic acids is 3. The molecule has 3 rings (SSSR count). The van der Waals surface area contributed by atoms with E-state index in [2.05, 4.69) is 20.0 Å². The van der Waals surface area contributed by atoms with Crippen molar-refractivity contribution in [3.05, 3.63) is 47.5 Å². The molecule has 2 heterocycles. The second-order valence-corrected chi connectivity index (χ2v) is 7.35. The molecule has 0 spiro atoms. The largest absolute Gasteiger partial charge is 0.434 e. The number of nitrogens with zero attached hydrogens (tertiary/aromatic N) is 3. The van der Waals surface area contributed by atoms with Crippen molar-refractivity contribution < 1.29 is 27.9 Å². The summed E-state index contributed by atoms with van der Waals surface area (Å²) in [6.45, 7) is -0.443. The summed E-state index contributed by atoms with van der Waals surface area (Å²) in [5.74, 6) is -1.43. The predicted molar refractivity (Wildman–Crippen MR) is 110 cm³/mol. The number of likely N-dealkylation sites (tertiary alicyclic amines) is 1. The van der Waals surface area contributed by atoms with Gasteiger partial charge in [0, 0.05) is 25.7 Å². The summed E-state index contributed by atoms with van der Waals surface area (Å²) in [6.07, 6.45) is 3.06. The number of aromatic amines is 1. The van der Waals surface area contributed by atoms with Crippen molar-refractivity contribution in [3.63, 3.8) is 0 Å². The van der Waals surface area contributed by atoms with Gasteiger partial charge in [0.25, 0.3) is 11.8 Å². The molecule has 3 amide bonds. The Kier molecular flexibility index (Phi) is 7.39. The predicted octanol–water partition coefficient (Wildman–Crippen LogP) is 2.02. The Morgan fingerprint density at radius 3 is 2.59 bits per heavy atom. The minimum absolute atomic E-state index is 0.00978. The van der Waals surface area contributed by atoms with Gasteiger partial charge >= 0.3 is 6.61 Å². The molecule has 1 aliphatic heterocycles. The number of para-hydroxylation sites is 1. The van der Waals surface area contributed by atoms with Crippen LogP contribution in [0.25, 0.3) is 0 Å². The number of hydrogen-bond donors (Lipinski definition) is 2. The average Bonchev–Trinajstić information content (AvgIpc) is 3.49. The van der Waals surface area contributed by atoms with Crippen molar-refractivity contribution >= 4 is 17.7 Å². The maximum atomic E-state index is 13.3. The Bertz CT molecular complexity index is 975. The summed E-state index contributed by atoms with van der Waals surface area (Å²) in [4.78, 5) is 47.7. The molecule has 0 unspecified atom stereocenters. The highest BCUT2D eigenvalue weighted by atomic mass is 19.3. The first-order valence-electron chi connectivity index (χ1n) is 10.2. The van der Waals surface area contributed by atoms with E-state index in [1.54, 1.807) is 11.0 Å². The minimum Gasteiger partial charge on any atom is -0.434 e. The highest BCUT2D eigenvalue weighted by Gasteiger charge is 2.30. The summed E-state index contributed by atoms with van der Waals surface area (Å²) >= 11 is 0. The van der Waals surface area contributed by atoms with Gasteiger partial charge in [0.2, 0.25) is 5.91 Å². The molecular formula is C21H25F2N5O4. The monoisotopic (exact) mass is 449 g/mol. The number of aromatic nitrogens is 2. The van der Waals surface area contributed by atoms with Crippen molar-refractivity contribution in [2.45, 2.75) is 39.0 Å². The molecule has 0 aliphatic carbocycles. The van der Waals surface area contributed by atoms with E-state index in [-0.39, 0.29) is 29.7 Å². The molecule has 0 bridgehead atoms. The van der Waals surface area contributed by atoms with Gasteiger partial charge in [-0.2, -0.15) is 8.78 Å². The SMILES string of the molecule is CNC(=O)[C@@H](C)N(Cc1ccccc1OC(F)F)C(=O)c1cnc(C(=O)N2CCCC2)[nH]1. The van der Waals surface area contributed by atoms with Crippen molar-refractivity contribution in [1.82, 2.24) is 25.1 Å². The van der Waals surface area contributed by atoms with E-state index in [4.69, 9.17) is 0 Å². The maximum Gasteiger partial charge on any atom is 0.387 e. The van der Waals surface area contributed by atoms with E-state index < -0.39 is 24.5 Å². The molecule has 1 saturated heterocycles. The Balaban J connectivity index is 1.87. The fourth-order valence-electron chi connectivity index (χ4n) is 3.53. The zero-order chi connectivity index (χ0) is 23.3. The number of hydrogen-bond acceptors (Lipinski definition) is 5. The van der Waals surface area contributed by atoms with Gasteiger partial charge in [-0.3, -0.25) is 14.4 Å². The number of alkyl halides is 2. The molecule has 1 aromatic heterocycles. The quantitative estimate of drug-likeness (QED) is 0.641. The zero-order valence-electron chi connectivity index (χ0n) is 17.8. The summed E-state index contributed by atoms with van der Waals surface area (Å²) in [5, 5.41) is 2.47. The Morgan fingerprint density at radius 2 is 1.94 bits per heavy atom. The van der Waals surface area contributed by atoms with E-state index in [0.717, 1.165) is 12.8 Å². The fourth-order valence-corrected chi connectivity index (χ4v) is 3.53. The van der Waals surface area contributed by atoms with Crippen LogP contribution in [0.1, 0.15) is 46.4 Å². The number of amides is 3. The first-order chi connectivity index (χ1) is 15.3. The van der Waals surface area contributed by atoms with E-state index in [9.17, 15) is 23.2 Å². The lowest BCUT2D eigenvalue weighted by atomic mass is 10.1. The molecule has 172 valence electrons. The fraction of sp³-hybridized carbons (Fsp3) is 0.429. The third-order valence-corrected chi connectivity index (χ3v) is 5.29. The Morgan fingerprint density at radius 1 is 1.25 bits per heavy atom. The molecule has 1 aliphatic rings. The Hall–Kier alpha value is -3.50. The lowest BCUT2D eigenvalue weighted by molar-refractivity contribution is -0.124. The molecule has 2 aromatic rings. The van der Waals surface area contributed by atoms with Crippen molar-refractivity contribution in [2.24, 2.45) is 0 Å². The molecule has 2 N–H and O–H groups in total. The molecule has 0 radical (unpaired) electrons. The molecule has 1 fully saturated rings. The van der Waals surface area contributed by atoms with E-state index in [1.807, 2.05) is 0 Å². The summed E-state index contributed by atoms with van der Waals surface area (Å²) in [6, 6.07) is 5.10. The van der Waals surface area contributed by atoms with Crippen LogP contribution in [0.3, 0.4) is 0 Å². The summed E-state index contributed by atoms with van der Waals surface area (Å²) in [7, 11) is 1.43. The number of carbonyl (C=O) groups is 3. The number of benzene rings is 1. The van der Waals surface area contributed by atoms with Crippen LogP contribution >= 0.6 is 0 Å². The number of likely N-dealkylation sites (N-methyl/N-ethyl adjacent to an activating group) is 1. The Labute approximate surface area is 183 Å². The second kappa shape index (κ2) is 10.2. The van der Waals surface area contributed by atoms with Crippen LogP contribution < -0.4 is 10.1 Å². The zero-order valence-corrected chi connectivity index (χ0v) is 17.8. The molecule has 9 nitrogen and oxygen atoms in total. The molecule has 0 saturated carbocycles. The lowest BCUT2D eigenvalue weighted by Gasteiger charge is -2.28. The number of imidazole rings is 1. The first-order valence-corrected chi connectivity index (χ1v) is 10.2. The second-order valence-electron chi connectivity index (χ2n) is 7.35. The van der Waals surface area contributed by atoms with Gasteiger partial charge < -0.3 is 24.8 Å². The molecule has 1 atom stereocenters. The van der Waals surface area contributed by atoms with Crippen LogP contribution in [-0.4, -0.2) is 70.3 Å². The van der Waals surface area contributed by atoms with Crippen molar-refractivity contribution in [3.8, 4) is 5.75 Å². The summed E-state index contributed by atoms with van der Waals surface area (Å²) < 4.78 is 30.1. The maximum absolute atomic E-state index is 13.3. The van der Waals surface area contributed by atoms with Gasteiger partial charge in [-0.1, -0.05) is 18.2 Å². The normalized spacial score (nSPS) is 14.3. The number of ether oxygens (including phenoxy) is 1. The van der Waals surface area contributed by atoms with E-state index >= 15 is 0 Å². The van der Waals surface area contributed by atoms with Crippen LogP contribution in [0, 0.1) is 0 Å². The topological polar surface area (TPSA) is 108 Å². The van der Waals surface area contributed by atoms with Gasteiger partial charge in [-0.25, -0.2) is 4.98 Å². The van der Waals surface area contributed by atoms with Crippen molar-refractivity contribution in [2.75, 3.05) is 20.1 Å². The van der Waals surface area contributed by atoms with Gasteiger partial charge in [0.1, 0.15) is 17.5 Å². The minimum atomic E-state index is -3.04. The molecule has 1 aromatic carbocycles. The smallest absolute Gasteiger partial charge is 0.387 e. The van der Waals surface area contributed by atoms with Crippen LogP contribution in [0.5, 0.6) is 5.75 Å². The average molecular weight is 449 g/mol. The van der Waals surface area contributed by atoms with Crippen molar-refractivity contribution in [1.29, 1.82) is 0 Å². The first kappa shape index (κ1) is 23.2. The number of rotatable bonds is 8. The molecule has 32 heavy (non-hydrogen) atoms. The van der Waals surface area contributed by atoms with E-state index in [1.165, 1.54) is 43.3 Å². The van der Waals surface area contributed by atoms with E-state index in [0.29, 0.717) is 18.7 Å². The number of H-pyrrole nitrogens is 1. The van der Waals surface area contributed by atoms with Gasteiger partial charge in [0.05, 0.1) is 12.7 Å². The van der Waals surface area contributed by atoms with Gasteiger partial charge in [-0.15, -0.1) is 0 Å². The van der Waals surface area contributed by atoms with Crippen LogP contribution in [0.4, 0.5) is 8.78 Å². The van der Waals surface area contributed by atoms with Gasteiger partial charge in [-0.05, 0) is 25.8 Å². The lowest BCUT2D eigenvalue weighted by Crippen LogP contribution is -2.46. The van der Waals surface area contributed by atoms with Crippen LogP contribution in [0.15, 0.2) is 30.5 Å². The van der Waals surface area contributed by atoms with Crippen LogP contribution in [0.2, 0.25) is 0 Å². The standard InChI is InChI=1S/C21H25F2N5O4/c1-13(18(29)24-2)28(12-14-7-3-4-8-16(14)32-21(22)23)19(30)15-11-25-17(26-15)20(31)27-9-5-6-10-27/h3-4,7-8,11,13,21H,5-6,9-10,12H2,1-2H3,(H,24,29)(H,25,26)/t13-/m1/s1. The molecular weight excluding hydrogens is 424 g/mol. The number of halogens is 2. The van der Waals surface area contributed by atoms with Gasteiger partial charge in [0.15, 0.2) is 5.82 Å². The molecule has 11 heteroatoms. The number of nitrogens with one attached hydrogen (secondary N) is 2. The van der Waals surface area contributed by atoms with Crippen LogP contribution in [-0.2, 0) is 11.3 Å². The highest BCUT2D eigenvalue weighted by Crippen LogP contribution is 2.24. The third-order valence-electron chi connectivity index (χ3n) is 5.29. The third kappa shape index (κ3) is 5.21. The summed E-state index contributed by atoms with van der Waals surface area (Å²) in [5.41, 5.74) is 0.306. The highest BCUT2D eigenvalue weighted by molar-refractivity contribution is 5.98.